The summed E-state index contributed by atoms with van der Waals surface area (Å²) in [5.41, 5.74) is 0. The summed E-state index contributed by atoms with van der Waals surface area (Å²) in [6.45, 7) is 1.40. The molecule has 0 bridgehead atoms. The Hall–Kier alpha value is -1.40. The number of benzene rings is 1. The Morgan fingerprint density at radius 2 is 1.86 bits per heavy atom. The van der Waals surface area contributed by atoms with Crippen LogP contribution in [0, 0.1) is 0 Å². The smallest absolute Gasteiger partial charge is 0.224 e. The van der Waals surface area contributed by atoms with E-state index in [-0.39, 0.29) is 5.91 Å². The number of carbonyl (C=O) groups excluding carboxylic acids is 1. The minimum atomic E-state index is -3.29. The molecule has 1 aliphatic heterocycles. The van der Waals surface area contributed by atoms with Gasteiger partial charge in [-0.25, -0.2) is 8.42 Å². The van der Waals surface area contributed by atoms with E-state index in [9.17, 15) is 13.2 Å². The molecule has 0 radical (unpaired) electrons. The van der Waals surface area contributed by atoms with Gasteiger partial charge in [0, 0.05) is 20.2 Å². The number of hydrogen-bond donors (Lipinski definition) is 0. The number of sulfone groups is 1. The normalized spacial score (nSPS) is 16.9. The van der Waals surface area contributed by atoms with Gasteiger partial charge in [-0.1, -0.05) is 18.2 Å². The molecule has 1 aromatic carbocycles. The van der Waals surface area contributed by atoms with Crippen molar-refractivity contribution in [1.82, 2.24) is 4.90 Å². The monoisotopic (exact) mass is 311 g/mol. The fourth-order valence-corrected chi connectivity index (χ4v) is 4.32. The van der Waals surface area contributed by atoms with Crippen molar-refractivity contribution in [3.05, 3.63) is 30.3 Å². The molecule has 0 aromatic heterocycles. The van der Waals surface area contributed by atoms with Crippen LogP contribution in [0.15, 0.2) is 35.2 Å². The number of hydrogen-bond acceptors (Lipinski definition) is 4. The van der Waals surface area contributed by atoms with Crippen molar-refractivity contribution in [2.24, 2.45) is 0 Å². The molecule has 21 heavy (non-hydrogen) atoms. The number of methoxy groups -OCH3 is 1. The van der Waals surface area contributed by atoms with Gasteiger partial charge in [-0.3, -0.25) is 4.79 Å². The van der Waals surface area contributed by atoms with Crippen LogP contribution in [0.3, 0.4) is 0 Å². The van der Waals surface area contributed by atoms with Gasteiger partial charge >= 0.3 is 0 Å². The maximum atomic E-state index is 12.5. The highest BCUT2D eigenvalue weighted by Gasteiger charge is 2.32. The van der Waals surface area contributed by atoms with E-state index in [4.69, 9.17) is 4.74 Å². The summed E-state index contributed by atoms with van der Waals surface area (Å²) in [4.78, 5) is 14.0. The summed E-state index contributed by atoms with van der Waals surface area (Å²) >= 11 is 0. The highest BCUT2D eigenvalue weighted by molar-refractivity contribution is 7.92. The largest absolute Gasteiger partial charge is 0.384 e. The van der Waals surface area contributed by atoms with Crippen LogP contribution in [0.4, 0.5) is 0 Å². The number of amides is 1. The van der Waals surface area contributed by atoms with Crippen LogP contribution in [-0.4, -0.2) is 51.3 Å². The summed E-state index contributed by atoms with van der Waals surface area (Å²) in [6, 6.07) is 8.53. The molecule has 116 valence electrons. The summed E-state index contributed by atoms with van der Waals surface area (Å²) in [5, 5.41) is -0.397. The van der Waals surface area contributed by atoms with Gasteiger partial charge in [0.25, 0.3) is 0 Å². The van der Waals surface area contributed by atoms with Gasteiger partial charge in [0.2, 0.25) is 5.91 Å². The number of carbonyl (C=O) groups is 1. The molecule has 0 spiro atoms. The average molecular weight is 311 g/mol. The molecule has 6 heteroatoms. The molecule has 0 saturated carbocycles. The lowest BCUT2D eigenvalue weighted by atomic mass is 10.1. The first-order valence-electron chi connectivity index (χ1n) is 7.11. The van der Waals surface area contributed by atoms with Crippen molar-refractivity contribution < 1.29 is 17.9 Å². The third-order valence-electron chi connectivity index (χ3n) is 3.83. The van der Waals surface area contributed by atoms with Crippen molar-refractivity contribution in [2.45, 2.75) is 29.4 Å². The van der Waals surface area contributed by atoms with Crippen molar-refractivity contribution in [3.8, 4) is 0 Å². The highest BCUT2D eigenvalue weighted by Crippen LogP contribution is 2.24. The van der Waals surface area contributed by atoms with Gasteiger partial charge in [0.15, 0.2) is 9.84 Å². The standard InChI is InChI=1S/C15H21NO4S/c1-20-12-9-15(17)16-10-7-14(8-11-16)21(18,19)13-5-3-2-4-6-13/h2-6,14H,7-12H2,1H3. The van der Waals surface area contributed by atoms with Crippen molar-refractivity contribution in [3.63, 3.8) is 0 Å². The molecule has 1 saturated heterocycles. The average Bonchev–Trinajstić information content (AvgIpc) is 2.53. The first-order chi connectivity index (χ1) is 10.1. The lowest BCUT2D eigenvalue weighted by Gasteiger charge is -2.31. The maximum absolute atomic E-state index is 12.5. The van der Waals surface area contributed by atoms with Crippen molar-refractivity contribution in [2.75, 3.05) is 26.8 Å². The van der Waals surface area contributed by atoms with Gasteiger partial charge in [0.05, 0.1) is 23.2 Å². The molecule has 1 aliphatic rings. The van der Waals surface area contributed by atoms with Crippen molar-refractivity contribution >= 4 is 15.7 Å². The molecule has 0 aliphatic carbocycles. The Morgan fingerprint density at radius 3 is 2.43 bits per heavy atom. The van der Waals surface area contributed by atoms with Gasteiger partial charge in [0.1, 0.15) is 0 Å². The number of piperidine rings is 1. The highest BCUT2D eigenvalue weighted by atomic mass is 32.2. The van der Waals surface area contributed by atoms with Gasteiger partial charge in [-0.15, -0.1) is 0 Å². The fraction of sp³-hybridized carbons (Fsp3) is 0.533. The van der Waals surface area contributed by atoms with Crippen LogP contribution in [0.5, 0.6) is 0 Å². The lowest BCUT2D eigenvalue weighted by Crippen LogP contribution is -2.42. The van der Waals surface area contributed by atoms with E-state index in [0.29, 0.717) is 43.9 Å². The van der Waals surface area contributed by atoms with Gasteiger partial charge in [-0.05, 0) is 25.0 Å². The second-order valence-corrected chi connectivity index (χ2v) is 7.41. The quantitative estimate of drug-likeness (QED) is 0.826. The minimum Gasteiger partial charge on any atom is -0.384 e. The van der Waals surface area contributed by atoms with Gasteiger partial charge < -0.3 is 9.64 Å². The molecular formula is C15H21NO4S. The van der Waals surface area contributed by atoms with Crippen LogP contribution < -0.4 is 0 Å². The van der Waals surface area contributed by atoms with E-state index in [2.05, 4.69) is 0 Å². The number of ether oxygens (including phenoxy) is 1. The van der Waals surface area contributed by atoms with Crippen LogP contribution in [-0.2, 0) is 19.4 Å². The molecular weight excluding hydrogens is 290 g/mol. The summed E-state index contributed by atoms with van der Waals surface area (Å²) in [5.74, 6) is 0.0346. The molecule has 0 atom stereocenters. The summed E-state index contributed by atoms with van der Waals surface area (Å²) in [6.07, 6.45) is 1.35. The topological polar surface area (TPSA) is 63.7 Å². The van der Waals surface area contributed by atoms with Crippen LogP contribution >= 0.6 is 0 Å². The third kappa shape index (κ3) is 3.83. The second-order valence-electron chi connectivity index (χ2n) is 5.18. The molecule has 2 rings (SSSR count). The predicted octanol–water partition coefficient (Wildman–Crippen LogP) is 1.49. The van der Waals surface area contributed by atoms with E-state index in [0.717, 1.165) is 0 Å². The summed E-state index contributed by atoms with van der Waals surface area (Å²) in [7, 11) is -1.73. The fourth-order valence-electron chi connectivity index (χ4n) is 2.57. The molecule has 1 heterocycles. The Balaban J connectivity index is 1.96. The maximum Gasteiger partial charge on any atom is 0.224 e. The van der Waals surface area contributed by atoms with E-state index in [1.165, 1.54) is 0 Å². The summed E-state index contributed by atoms with van der Waals surface area (Å²) < 4.78 is 29.9. The Bertz CT molecular complexity index is 563. The van der Waals surface area contributed by atoms with Crippen LogP contribution in [0.1, 0.15) is 19.3 Å². The zero-order valence-corrected chi connectivity index (χ0v) is 13.0. The van der Waals surface area contributed by atoms with E-state index in [1.54, 1.807) is 42.3 Å². The van der Waals surface area contributed by atoms with E-state index in [1.807, 2.05) is 0 Å². The number of likely N-dealkylation sites (tertiary alicyclic amines) is 1. The number of rotatable bonds is 5. The van der Waals surface area contributed by atoms with Gasteiger partial charge in [-0.2, -0.15) is 0 Å². The Kier molecular flexibility index (Phi) is 5.36. The zero-order valence-electron chi connectivity index (χ0n) is 12.2. The SMILES string of the molecule is COCCC(=O)N1CCC(S(=O)(=O)c2ccccc2)CC1. The predicted molar refractivity (Wildman–Crippen MR) is 79.7 cm³/mol. The lowest BCUT2D eigenvalue weighted by molar-refractivity contribution is -0.132. The minimum absolute atomic E-state index is 0.0346. The molecule has 0 N–H and O–H groups in total. The number of nitrogens with zero attached hydrogens (tertiary/aromatic N) is 1. The Labute approximate surface area is 125 Å². The van der Waals surface area contributed by atoms with Crippen LogP contribution in [0.25, 0.3) is 0 Å². The molecule has 5 nitrogen and oxygen atoms in total. The second kappa shape index (κ2) is 7.04. The third-order valence-corrected chi connectivity index (χ3v) is 6.10. The Morgan fingerprint density at radius 1 is 1.24 bits per heavy atom. The van der Waals surface area contributed by atoms with Crippen molar-refractivity contribution in [1.29, 1.82) is 0 Å². The molecule has 0 unspecified atom stereocenters. The molecule has 1 aromatic rings. The molecule has 1 fully saturated rings. The van der Waals surface area contributed by atoms with Crippen LogP contribution in [0.2, 0.25) is 0 Å². The first-order valence-corrected chi connectivity index (χ1v) is 8.66. The van der Waals surface area contributed by atoms with E-state index >= 15 is 0 Å². The van der Waals surface area contributed by atoms with E-state index < -0.39 is 15.1 Å². The zero-order chi connectivity index (χ0) is 15.3. The first kappa shape index (κ1) is 16.0. The molecule has 1 amide bonds.